The Hall–Kier alpha value is -1.13. The number of tetrazole rings is 1. The predicted molar refractivity (Wildman–Crippen MR) is 21.5 cm³/mol. The van der Waals surface area contributed by atoms with Crippen LogP contribution in [-0.4, -0.2) is 15.4 Å². The maximum atomic E-state index is 5.07. The van der Waals surface area contributed by atoms with Crippen LogP contribution < -0.4 is 10.7 Å². The van der Waals surface area contributed by atoms with E-state index in [1.54, 1.807) is 6.92 Å². The van der Waals surface area contributed by atoms with Crippen LogP contribution in [0.1, 0.15) is 5.82 Å². The van der Waals surface area contributed by atoms with Gasteiger partial charge in [-0.05, 0) is 5.21 Å². The molecule has 0 saturated carbocycles. The Balaban J connectivity index is 3.04. The minimum Gasteiger partial charge on any atom is -0.229 e. The number of nitrogens with two attached hydrogens (primary N) is 1. The predicted octanol–water partition coefficient (Wildman–Crippen LogP) is -1.89. The van der Waals surface area contributed by atoms with Crippen LogP contribution in [0.15, 0.2) is 0 Å². The summed E-state index contributed by atoms with van der Waals surface area (Å²) in [6.07, 6.45) is 0. The zero-order chi connectivity index (χ0) is 5.28. The fourth-order valence-electron chi connectivity index (χ4n) is 0.324. The Kier molecular flexibility index (Phi) is 0.680. The molecule has 0 spiro atoms. The smallest absolute Gasteiger partial charge is 0.229 e. The van der Waals surface area contributed by atoms with Gasteiger partial charge in [0.05, 0.1) is 5.10 Å². The highest BCUT2D eigenvalue weighted by Crippen LogP contribution is 1.66. The van der Waals surface area contributed by atoms with Crippen molar-refractivity contribution in [2.24, 2.45) is 0 Å². The van der Waals surface area contributed by atoms with Crippen molar-refractivity contribution in [2.75, 3.05) is 5.84 Å². The summed E-state index contributed by atoms with van der Waals surface area (Å²) in [5, 5.41) is 9.66. The molecule has 0 bridgehead atoms. The van der Waals surface area contributed by atoms with Crippen molar-refractivity contribution in [1.82, 2.24) is 15.4 Å². The Morgan fingerprint density at radius 1 is 1.86 bits per heavy atom. The molecule has 1 aromatic rings. The minimum absolute atomic E-state index is 0.641. The first kappa shape index (κ1) is 4.04. The van der Waals surface area contributed by atoms with E-state index in [2.05, 4.69) is 15.4 Å². The Morgan fingerprint density at radius 2 is 2.57 bits per heavy atom. The van der Waals surface area contributed by atoms with E-state index in [1.165, 1.54) is 0 Å². The third kappa shape index (κ3) is 0.648. The maximum absolute atomic E-state index is 5.07. The van der Waals surface area contributed by atoms with Crippen LogP contribution >= 0.6 is 0 Å². The molecule has 0 saturated heterocycles. The SMILES string of the molecule is Cc1n[nH][n+](N)n1. The molecule has 0 aromatic carbocycles. The molecule has 1 rings (SSSR count). The zero-order valence-electron chi connectivity index (χ0n) is 3.92. The van der Waals surface area contributed by atoms with Crippen molar-refractivity contribution in [3.63, 3.8) is 0 Å². The summed E-state index contributed by atoms with van der Waals surface area (Å²) in [5.41, 5.74) is 0. The lowest BCUT2D eigenvalue weighted by Gasteiger charge is -1.65. The molecule has 1 heterocycles. The Labute approximate surface area is 40.1 Å². The lowest BCUT2D eigenvalue weighted by molar-refractivity contribution is -0.755. The van der Waals surface area contributed by atoms with E-state index in [0.717, 1.165) is 4.91 Å². The molecule has 38 valence electrons. The normalized spacial score (nSPS) is 9.29. The second kappa shape index (κ2) is 1.18. The lowest BCUT2D eigenvalue weighted by Crippen LogP contribution is -2.49. The van der Waals surface area contributed by atoms with E-state index in [1.807, 2.05) is 0 Å². The number of nitrogens with zero attached hydrogens (tertiary/aromatic N) is 3. The Bertz CT molecular complexity index is 138. The number of H-pyrrole nitrogens is 1. The van der Waals surface area contributed by atoms with Crippen molar-refractivity contribution in [3.8, 4) is 0 Å². The van der Waals surface area contributed by atoms with Crippen LogP contribution in [0.25, 0.3) is 0 Å². The second-order valence-corrected chi connectivity index (χ2v) is 1.20. The van der Waals surface area contributed by atoms with Gasteiger partial charge >= 0.3 is 5.82 Å². The van der Waals surface area contributed by atoms with E-state index < -0.39 is 0 Å². The van der Waals surface area contributed by atoms with Crippen LogP contribution in [0.2, 0.25) is 0 Å². The van der Waals surface area contributed by atoms with Crippen molar-refractivity contribution in [2.45, 2.75) is 6.92 Å². The van der Waals surface area contributed by atoms with Gasteiger partial charge in [-0.1, -0.05) is 0 Å². The first-order valence-corrected chi connectivity index (χ1v) is 1.85. The summed E-state index contributed by atoms with van der Waals surface area (Å²) in [5.74, 6) is 5.71. The first-order valence-electron chi connectivity index (χ1n) is 1.85. The third-order valence-electron chi connectivity index (χ3n) is 0.567. The summed E-state index contributed by atoms with van der Waals surface area (Å²) in [7, 11) is 0. The zero-order valence-corrected chi connectivity index (χ0v) is 3.92. The fourth-order valence-corrected chi connectivity index (χ4v) is 0.324. The molecule has 0 radical (unpaired) electrons. The summed E-state index contributed by atoms with van der Waals surface area (Å²) in [6.45, 7) is 1.75. The summed E-state index contributed by atoms with van der Waals surface area (Å²) >= 11 is 0. The lowest BCUT2D eigenvalue weighted by atomic mass is 10.8. The van der Waals surface area contributed by atoms with Gasteiger partial charge < -0.3 is 0 Å². The molecule has 0 atom stereocenters. The topological polar surface area (TPSA) is 71.5 Å². The van der Waals surface area contributed by atoms with E-state index in [9.17, 15) is 0 Å². The van der Waals surface area contributed by atoms with Crippen molar-refractivity contribution in [1.29, 1.82) is 0 Å². The van der Waals surface area contributed by atoms with E-state index in [0.29, 0.717) is 5.82 Å². The van der Waals surface area contributed by atoms with Crippen LogP contribution in [0.4, 0.5) is 0 Å². The van der Waals surface area contributed by atoms with Gasteiger partial charge in [0.1, 0.15) is 0 Å². The number of aromatic nitrogens is 4. The third-order valence-corrected chi connectivity index (χ3v) is 0.567. The van der Waals surface area contributed by atoms with E-state index in [4.69, 9.17) is 5.84 Å². The molecule has 1 aromatic heterocycles. The minimum atomic E-state index is 0.641. The number of rotatable bonds is 0. The first-order chi connectivity index (χ1) is 3.29. The monoisotopic (exact) mass is 100 g/mol. The number of aryl methyl sites for hydroxylation is 1. The maximum Gasteiger partial charge on any atom is 0.308 e. The number of nitrogen functional groups attached to an aromatic ring is 1. The van der Waals surface area contributed by atoms with E-state index in [-0.39, 0.29) is 0 Å². The van der Waals surface area contributed by atoms with Gasteiger partial charge in [0, 0.05) is 16.9 Å². The van der Waals surface area contributed by atoms with Crippen LogP contribution in [0.3, 0.4) is 0 Å². The van der Waals surface area contributed by atoms with Gasteiger partial charge in [-0.15, -0.1) is 0 Å². The van der Waals surface area contributed by atoms with Crippen molar-refractivity contribution < 1.29 is 4.91 Å². The molecule has 0 fully saturated rings. The molecule has 0 amide bonds. The molecule has 5 heteroatoms. The number of aromatic amines is 1. The van der Waals surface area contributed by atoms with Gasteiger partial charge in [0.15, 0.2) is 0 Å². The average molecular weight is 100 g/mol. The summed E-state index contributed by atoms with van der Waals surface area (Å²) in [4.78, 5) is 1.05. The van der Waals surface area contributed by atoms with Crippen LogP contribution in [0, 0.1) is 6.92 Å². The number of nitrogens with one attached hydrogen (secondary N) is 1. The molecule has 5 nitrogen and oxygen atoms in total. The molecule has 3 N–H and O–H groups in total. The largest absolute Gasteiger partial charge is 0.308 e. The summed E-state index contributed by atoms with van der Waals surface area (Å²) < 4.78 is 0. The molecular formula is C2H6N5+. The molecule has 7 heavy (non-hydrogen) atoms. The number of hydrogen-bond acceptors (Lipinski definition) is 3. The highest BCUT2D eigenvalue weighted by atomic mass is 15.7. The molecule has 0 aliphatic heterocycles. The fraction of sp³-hybridized carbons (Fsp3) is 0.500. The van der Waals surface area contributed by atoms with E-state index >= 15 is 0 Å². The van der Waals surface area contributed by atoms with Crippen LogP contribution in [0.5, 0.6) is 0 Å². The molecule has 0 unspecified atom stereocenters. The van der Waals surface area contributed by atoms with Crippen molar-refractivity contribution >= 4 is 0 Å². The molecule has 0 aliphatic rings. The van der Waals surface area contributed by atoms with Gasteiger partial charge in [0.2, 0.25) is 0 Å². The second-order valence-electron chi connectivity index (χ2n) is 1.20. The molecular weight excluding hydrogens is 94.1 g/mol. The van der Waals surface area contributed by atoms with Crippen LogP contribution in [-0.2, 0) is 0 Å². The summed E-state index contributed by atoms with van der Waals surface area (Å²) in [6, 6.07) is 0. The highest BCUT2D eigenvalue weighted by Gasteiger charge is 1.97. The quantitative estimate of drug-likeness (QED) is 0.296. The number of hydrogen-bond donors (Lipinski definition) is 2. The molecule has 0 aliphatic carbocycles. The Morgan fingerprint density at radius 3 is 2.71 bits per heavy atom. The highest BCUT2D eigenvalue weighted by molar-refractivity contribution is 4.61. The van der Waals surface area contributed by atoms with Crippen molar-refractivity contribution in [3.05, 3.63) is 5.82 Å². The van der Waals surface area contributed by atoms with Gasteiger partial charge in [-0.25, -0.2) is 5.84 Å². The standard InChI is InChI=1S/C2H5N5/c1-2-4-6-7(3)5-2/h3H2,1H3/p+1. The van der Waals surface area contributed by atoms with Gasteiger partial charge in [-0.2, -0.15) is 0 Å². The van der Waals surface area contributed by atoms with Gasteiger partial charge in [0.25, 0.3) is 0 Å². The van der Waals surface area contributed by atoms with Gasteiger partial charge in [-0.3, -0.25) is 0 Å². The average Bonchev–Trinajstić information content (AvgIpc) is 1.87.